The van der Waals surface area contributed by atoms with Gasteiger partial charge in [0, 0.05) is 6.42 Å². The Bertz CT molecular complexity index is 502. The second kappa shape index (κ2) is 7.01. The van der Waals surface area contributed by atoms with Gasteiger partial charge in [-0.3, -0.25) is 4.79 Å². The fourth-order valence-electron chi connectivity index (χ4n) is 2.48. The van der Waals surface area contributed by atoms with Gasteiger partial charge < -0.3 is 9.47 Å². The molecule has 1 aromatic carbocycles. The maximum Gasteiger partial charge on any atom is 0.158 e. The van der Waals surface area contributed by atoms with Crippen molar-refractivity contribution < 1.29 is 14.3 Å². The van der Waals surface area contributed by atoms with E-state index in [0.717, 1.165) is 17.6 Å². The predicted molar refractivity (Wildman–Crippen MR) is 82.8 cm³/mol. The van der Waals surface area contributed by atoms with Gasteiger partial charge in [0.1, 0.15) is 6.79 Å². The van der Waals surface area contributed by atoms with Crippen molar-refractivity contribution in [1.29, 1.82) is 0 Å². The molecule has 0 aromatic heterocycles. The highest BCUT2D eigenvalue weighted by molar-refractivity contribution is 5.95. The molecular weight excluding hydrogens is 264 g/mol. The zero-order chi connectivity index (χ0) is 15.3. The lowest BCUT2D eigenvalue weighted by molar-refractivity contribution is -0.157. The van der Waals surface area contributed by atoms with Gasteiger partial charge in [-0.1, -0.05) is 36.4 Å². The molecule has 114 valence electrons. The van der Waals surface area contributed by atoms with Crippen LogP contribution in [-0.2, 0) is 20.9 Å². The molecule has 3 nitrogen and oxygen atoms in total. The first kappa shape index (κ1) is 15.9. The Hall–Kier alpha value is -1.45. The quantitative estimate of drug-likeness (QED) is 0.588. The Morgan fingerprint density at radius 2 is 1.95 bits per heavy atom. The van der Waals surface area contributed by atoms with Gasteiger partial charge in [-0.25, -0.2) is 0 Å². The summed E-state index contributed by atoms with van der Waals surface area (Å²) in [6, 6.07) is 10.0. The first-order valence-electron chi connectivity index (χ1n) is 7.44. The zero-order valence-corrected chi connectivity index (χ0v) is 13.1. The highest BCUT2D eigenvalue weighted by Gasteiger charge is 2.33. The van der Waals surface area contributed by atoms with E-state index in [1.165, 1.54) is 0 Å². The molecule has 0 saturated heterocycles. The molecule has 0 amide bonds. The Morgan fingerprint density at radius 3 is 2.62 bits per heavy atom. The molecule has 0 heterocycles. The summed E-state index contributed by atoms with van der Waals surface area (Å²) in [6.45, 7) is 6.74. The minimum atomic E-state index is -0.358. The van der Waals surface area contributed by atoms with Gasteiger partial charge in [0.25, 0.3) is 0 Å². The number of Topliss-reactive ketones (excluding diaryl/α,β-unsaturated/α-hetero) is 1. The van der Waals surface area contributed by atoms with Crippen LogP contribution in [0.4, 0.5) is 0 Å². The lowest BCUT2D eigenvalue weighted by atomic mass is 9.79. The number of rotatable bonds is 6. The van der Waals surface area contributed by atoms with Crippen molar-refractivity contribution in [2.75, 3.05) is 6.79 Å². The van der Waals surface area contributed by atoms with Crippen LogP contribution in [0.2, 0.25) is 0 Å². The maximum absolute atomic E-state index is 11.8. The number of carbonyl (C=O) groups is 1. The summed E-state index contributed by atoms with van der Waals surface area (Å²) in [5.74, 6) is 0.446. The van der Waals surface area contributed by atoms with Crippen molar-refractivity contribution >= 4 is 5.78 Å². The van der Waals surface area contributed by atoms with Gasteiger partial charge in [-0.2, -0.15) is 0 Å². The Labute approximate surface area is 127 Å². The van der Waals surface area contributed by atoms with Crippen LogP contribution in [0.15, 0.2) is 42.0 Å². The summed E-state index contributed by atoms with van der Waals surface area (Å²) in [6.07, 6.45) is 3.48. The van der Waals surface area contributed by atoms with E-state index in [2.05, 4.69) is 0 Å². The average molecular weight is 288 g/mol. The number of allylic oxidation sites excluding steroid dienone is 2. The van der Waals surface area contributed by atoms with Crippen LogP contribution >= 0.6 is 0 Å². The fraction of sp³-hybridized carbons (Fsp3) is 0.500. The highest BCUT2D eigenvalue weighted by atomic mass is 16.7. The first-order valence-corrected chi connectivity index (χ1v) is 7.44. The number of ketones is 1. The largest absolute Gasteiger partial charge is 0.351 e. The van der Waals surface area contributed by atoms with Crippen LogP contribution in [0.5, 0.6) is 0 Å². The fourth-order valence-corrected chi connectivity index (χ4v) is 2.48. The minimum Gasteiger partial charge on any atom is -0.351 e. The summed E-state index contributed by atoms with van der Waals surface area (Å²) < 4.78 is 11.4. The maximum atomic E-state index is 11.8. The first-order chi connectivity index (χ1) is 9.99. The highest BCUT2D eigenvalue weighted by Crippen LogP contribution is 2.32. The molecule has 2 rings (SSSR count). The molecule has 1 aliphatic carbocycles. The number of benzene rings is 1. The Balaban J connectivity index is 1.78. The van der Waals surface area contributed by atoms with Gasteiger partial charge in [0.2, 0.25) is 0 Å². The van der Waals surface area contributed by atoms with Crippen molar-refractivity contribution in [3.8, 4) is 0 Å². The second-order valence-electron chi connectivity index (χ2n) is 6.15. The summed E-state index contributed by atoms with van der Waals surface area (Å²) in [5.41, 5.74) is 1.65. The van der Waals surface area contributed by atoms with Crippen LogP contribution < -0.4 is 0 Å². The molecule has 3 heteroatoms. The van der Waals surface area contributed by atoms with Crippen LogP contribution in [-0.4, -0.2) is 18.2 Å². The van der Waals surface area contributed by atoms with Gasteiger partial charge >= 0.3 is 0 Å². The van der Waals surface area contributed by atoms with Gasteiger partial charge in [-0.15, -0.1) is 0 Å². The molecule has 1 atom stereocenters. The molecule has 1 unspecified atom stereocenters. The van der Waals surface area contributed by atoms with Crippen molar-refractivity contribution in [2.24, 2.45) is 5.92 Å². The van der Waals surface area contributed by atoms with Crippen molar-refractivity contribution in [1.82, 2.24) is 0 Å². The molecule has 0 spiro atoms. The third-order valence-electron chi connectivity index (χ3n) is 4.19. The molecule has 1 aliphatic rings. The summed E-state index contributed by atoms with van der Waals surface area (Å²) in [4.78, 5) is 11.8. The van der Waals surface area contributed by atoms with Crippen molar-refractivity contribution in [3.63, 3.8) is 0 Å². The molecule has 0 fully saturated rings. The van der Waals surface area contributed by atoms with Crippen LogP contribution in [0.3, 0.4) is 0 Å². The standard InChI is InChI=1S/C18H24O3/c1-14-9-10-16(11-17(14)19)18(2,3)21-13-20-12-15-7-5-4-6-8-15/h4-9,16H,10-13H2,1-3H3. The van der Waals surface area contributed by atoms with E-state index in [4.69, 9.17) is 9.47 Å². The third-order valence-corrected chi connectivity index (χ3v) is 4.19. The van der Waals surface area contributed by atoms with Crippen LogP contribution in [0.25, 0.3) is 0 Å². The number of hydrogen-bond acceptors (Lipinski definition) is 3. The zero-order valence-electron chi connectivity index (χ0n) is 13.1. The Kier molecular flexibility index (Phi) is 5.32. The lowest BCUT2D eigenvalue weighted by Crippen LogP contribution is -2.38. The van der Waals surface area contributed by atoms with E-state index in [9.17, 15) is 4.79 Å². The van der Waals surface area contributed by atoms with Crippen LogP contribution in [0.1, 0.15) is 39.2 Å². The summed E-state index contributed by atoms with van der Waals surface area (Å²) >= 11 is 0. The van der Waals surface area contributed by atoms with Crippen molar-refractivity contribution in [2.45, 2.75) is 45.8 Å². The second-order valence-corrected chi connectivity index (χ2v) is 6.15. The van der Waals surface area contributed by atoms with Crippen LogP contribution in [0, 0.1) is 5.92 Å². The minimum absolute atomic E-state index is 0.217. The van der Waals surface area contributed by atoms with Gasteiger partial charge in [0.15, 0.2) is 5.78 Å². The normalized spacial score (nSPS) is 19.5. The van der Waals surface area contributed by atoms with Gasteiger partial charge in [0.05, 0.1) is 12.2 Å². The molecule has 0 saturated carbocycles. The van der Waals surface area contributed by atoms with Gasteiger partial charge in [-0.05, 0) is 44.2 Å². The van der Waals surface area contributed by atoms with Crippen molar-refractivity contribution in [3.05, 3.63) is 47.5 Å². The monoisotopic (exact) mass is 288 g/mol. The van der Waals surface area contributed by atoms with E-state index in [1.807, 2.05) is 57.2 Å². The lowest BCUT2D eigenvalue weighted by Gasteiger charge is -2.35. The van der Waals surface area contributed by atoms with E-state index in [1.54, 1.807) is 0 Å². The summed E-state index contributed by atoms with van der Waals surface area (Å²) in [7, 11) is 0. The Morgan fingerprint density at radius 1 is 1.24 bits per heavy atom. The molecule has 21 heavy (non-hydrogen) atoms. The SMILES string of the molecule is CC1=CCC(C(C)(C)OCOCc2ccccc2)CC1=O. The molecule has 0 radical (unpaired) electrons. The predicted octanol–water partition coefficient (Wildman–Crippen LogP) is 3.88. The number of carbonyl (C=O) groups excluding carboxylic acids is 1. The van der Waals surface area contributed by atoms with E-state index in [0.29, 0.717) is 13.0 Å². The summed E-state index contributed by atoms with van der Waals surface area (Å²) in [5, 5.41) is 0. The smallest absolute Gasteiger partial charge is 0.158 e. The molecule has 0 bridgehead atoms. The third kappa shape index (κ3) is 4.51. The topological polar surface area (TPSA) is 35.5 Å². The average Bonchev–Trinajstić information content (AvgIpc) is 2.47. The number of hydrogen-bond donors (Lipinski definition) is 0. The van der Waals surface area contributed by atoms with E-state index >= 15 is 0 Å². The molecular formula is C18H24O3. The molecule has 1 aromatic rings. The van der Waals surface area contributed by atoms with E-state index in [-0.39, 0.29) is 24.1 Å². The number of ether oxygens (including phenoxy) is 2. The molecule has 0 aliphatic heterocycles. The molecule has 0 N–H and O–H groups in total. The van der Waals surface area contributed by atoms with E-state index < -0.39 is 0 Å².